The maximum absolute atomic E-state index is 14.6. The smallest absolute Gasteiger partial charge is 0.338 e. The van der Waals surface area contributed by atoms with E-state index in [4.69, 9.17) is 5.11 Å². The number of carbonyl (C=O) groups is 1. The Morgan fingerprint density at radius 2 is 1.87 bits per heavy atom. The van der Waals surface area contributed by atoms with Crippen LogP contribution in [0.1, 0.15) is 15.9 Å². The van der Waals surface area contributed by atoms with Gasteiger partial charge in [0.15, 0.2) is 5.65 Å². The van der Waals surface area contributed by atoms with Gasteiger partial charge < -0.3 is 5.11 Å². The van der Waals surface area contributed by atoms with E-state index in [2.05, 4.69) is 20.3 Å². The lowest BCUT2D eigenvalue weighted by Crippen LogP contribution is -2.05. The summed E-state index contributed by atoms with van der Waals surface area (Å²) in [5.41, 5.74) is 2.24. The largest absolute Gasteiger partial charge is 0.478 e. The second-order valence-corrected chi connectivity index (χ2v) is 6.93. The second-order valence-electron chi connectivity index (χ2n) is 6.93. The molecule has 5 aromatic rings. The van der Waals surface area contributed by atoms with Crippen LogP contribution in [0.5, 0.6) is 0 Å². The number of aromatic nitrogens is 5. The Labute approximate surface area is 173 Å². The van der Waals surface area contributed by atoms with Crippen LogP contribution in [0.15, 0.2) is 60.8 Å². The molecule has 3 heterocycles. The van der Waals surface area contributed by atoms with Crippen LogP contribution in [0, 0.1) is 11.6 Å². The molecule has 0 radical (unpaired) electrons. The van der Waals surface area contributed by atoms with Gasteiger partial charge in [-0.15, -0.1) is 5.10 Å². The SMILES string of the molecule is O=C(O)c1ccc(-c2ccc3nnn(Cc4cc5cccnc5cc4F)c3n2)cc1F. The number of aromatic carboxylic acids is 1. The van der Waals surface area contributed by atoms with Crippen LogP contribution in [-0.2, 0) is 6.54 Å². The summed E-state index contributed by atoms with van der Waals surface area (Å²) in [5, 5.41) is 17.9. The molecular formula is C22H13F2N5O2. The third kappa shape index (κ3) is 3.35. The summed E-state index contributed by atoms with van der Waals surface area (Å²) in [4.78, 5) is 19.7. The fourth-order valence-corrected chi connectivity index (χ4v) is 3.39. The fourth-order valence-electron chi connectivity index (χ4n) is 3.39. The topological polar surface area (TPSA) is 93.8 Å². The highest BCUT2D eigenvalue weighted by atomic mass is 19.1. The van der Waals surface area contributed by atoms with E-state index in [1.807, 2.05) is 6.07 Å². The summed E-state index contributed by atoms with van der Waals surface area (Å²) in [5.74, 6) is -2.62. The molecule has 0 atom stereocenters. The van der Waals surface area contributed by atoms with Gasteiger partial charge in [0.1, 0.15) is 17.2 Å². The van der Waals surface area contributed by atoms with Crippen LogP contribution in [0.25, 0.3) is 33.3 Å². The van der Waals surface area contributed by atoms with Crippen LogP contribution >= 0.6 is 0 Å². The number of hydrogen-bond donors (Lipinski definition) is 1. The first kappa shape index (κ1) is 18.7. The standard InChI is InChI=1S/C22H13F2N5O2/c23-16-10-20-12(2-1-7-25-20)8-14(16)11-29-21-19(27-28-29)6-5-18(26-21)13-3-4-15(22(30)31)17(24)9-13/h1-10H,11H2,(H,30,31). The zero-order chi connectivity index (χ0) is 21.5. The molecule has 31 heavy (non-hydrogen) atoms. The molecule has 0 saturated carbocycles. The molecule has 0 unspecified atom stereocenters. The van der Waals surface area contributed by atoms with Crippen molar-refractivity contribution in [2.45, 2.75) is 6.54 Å². The van der Waals surface area contributed by atoms with E-state index in [1.54, 1.807) is 30.5 Å². The summed E-state index contributed by atoms with van der Waals surface area (Å²) in [6.45, 7) is 0.0932. The minimum Gasteiger partial charge on any atom is -0.478 e. The average Bonchev–Trinajstić information content (AvgIpc) is 3.16. The molecule has 0 bridgehead atoms. The number of rotatable bonds is 4. The van der Waals surface area contributed by atoms with Gasteiger partial charge >= 0.3 is 5.97 Å². The number of benzene rings is 2. The quantitative estimate of drug-likeness (QED) is 0.474. The van der Waals surface area contributed by atoms with Gasteiger partial charge in [0.25, 0.3) is 0 Å². The molecule has 0 aliphatic rings. The van der Waals surface area contributed by atoms with Crippen LogP contribution in [-0.4, -0.2) is 36.0 Å². The zero-order valence-electron chi connectivity index (χ0n) is 15.8. The summed E-state index contributed by atoms with van der Waals surface area (Å²) in [6.07, 6.45) is 1.60. The van der Waals surface area contributed by atoms with Crippen molar-refractivity contribution in [1.29, 1.82) is 0 Å². The van der Waals surface area contributed by atoms with Crippen molar-refractivity contribution in [3.63, 3.8) is 0 Å². The normalized spacial score (nSPS) is 11.3. The molecule has 0 fully saturated rings. The first-order chi connectivity index (χ1) is 15.0. The van der Waals surface area contributed by atoms with Gasteiger partial charge in [-0.3, -0.25) is 4.98 Å². The first-order valence-electron chi connectivity index (χ1n) is 9.26. The molecule has 1 N–H and O–H groups in total. The molecule has 9 heteroatoms. The molecule has 7 nitrogen and oxygen atoms in total. The highest BCUT2D eigenvalue weighted by Crippen LogP contribution is 2.24. The van der Waals surface area contributed by atoms with Crippen molar-refractivity contribution in [3.8, 4) is 11.3 Å². The van der Waals surface area contributed by atoms with Gasteiger partial charge in [0.05, 0.1) is 23.3 Å². The number of carboxylic acids is 1. The predicted octanol–water partition coefficient (Wildman–Crippen LogP) is 4.07. The minimum atomic E-state index is -1.35. The highest BCUT2D eigenvalue weighted by Gasteiger charge is 2.15. The molecule has 2 aromatic carbocycles. The lowest BCUT2D eigenvalue weighted by atomic mass is 10.1. The van der Waals surface area contributed by atoms with Crippen molar-refractivity contribution in [2.24, 2.45) is 0 Å². The molecule has 0 aliphatic heterocycles. The van der Waals surface area contributed by atoms with E-state index in [-0.39, 0.29) is 6.54 Å². The molecule has 5 rings (SSSR count). The molecule has 0 aliphatic carbocycles. The lowest BCUT2D eigenvalue weighted by Gasteiger charge is -2.07. The molecule has 152 valence electrons. The number of nitrogens with zero attached hydrogens (tertiary/aromatic N) is 5. The van der Waals surface area contributed by atoms with Gasteiger partial charge in [-0.05, 0) is 36.4 Å². The summed E-state index contributed by atoms with van der Waals surface area (Å²) < 4.78 is 30.1. The van der Waals surface area contributed by atoms with E-state index in [0.29, 0.717) is 33.5 Å². The Kier molecular flexibility index (Phi) is 4.36. The fraction of sp³-hybridized carbons (Fsp3) is 0.0455. The van der Waals surface area contributed by atoms with E-state index in [9.17, 15) is 13.6 Å². The number of pyridine rings is 2. The van der Waals surface area contributed by atoms with Crippen molar-refractivity contribution in [1.82, 2.24) is 25.0 Å². The third-order valence-corrected chi connectivity index (χ3v) is 4.95. The van der Waals surface area contributed by atoms with E-state index < -0.39 is 23.2 Å². The minimum absolute atomic E-state index is 0.0932. The van der Waals surface area contributed by atoms with Crippen molar-refractivity contribution in [3.05, 3.63) is 83.6 Å². The maximum Gasteiger partial charge on any atom is 0.338 e. The molecule has 0 amide bonds. The number of carboxylic acid groups (broad SMARTS) is 1. The molecule has 0 saturated heterocycles. The predicted molar refractivity (Wildman–Crippen MR) is 108 cm³/mol. The summed E-state index contributed by atoms with van der Waals surface area (Å²) in [7, 11) is 0. The van der Waals surface area contributed by atoms with Gasteiger partial charge in [0.2, 0.25) is 0 Å². The van der Waals surface area contributed by atoms with Crippen LogP contribution < -0.4 is 0 Å². The molecule has 0 spiro atoms. The number of hydrogen-bond acceptors (Lipinski definition) is 5. The third-order valence-electron chi connectivity index (χ3n) is 4.95. The highest BCUT2D eigenvalue weighted by molar-refractivity contribution is 5.88. The summed E-state index contributed by atoms with van der Waals surface area (Å²) in [6, 6.07) is 13.8. The Hall–Kier alpha value is -4.27. The Balaban J connectivity index is 1.55. The maximum atomic E-state index is 14.6. The van der Waals surface area contributed by atoms with E-state index >= 15 is 0 Å². The molecule has 3 aromatic heterocycles. The number of halogens is 2. The monoisotopic (exact) mass is 417 g/mol. The average molecular weight is 417 g/mol. The lowest BCUT2D eigenvalue weighted by molar-refractivity contribution is 0.0692. The van der Waals surface area contributed by atoms with Crippen molar-refractivity contribution < 1.29 is 18.7 Å². The first-order valence-corrected chi connectivity index (χ1v) is 9.26. The molecular weight excluding hydrogens is 404 g/mol. The van der Waals surface area contributed by atoms with E-state index in [1.165, 1.54) is 22.9 Å². The van der Waals surface area contributed by atoms with Crippen molar-refractivity contribution >= 4 is 28.0 Å². The van der Waals surface area contributed by atoms with E-state index in [0.717, 1.165) is 11.5 Å². The van der Waals surface area contributed by atoms with Gasteiger partial charge in [-0.1, -0.05) is 17.3 Å². The van der Waals surface area contributed by atoms with Gasteiger partial charge in [0, 0.05) is 28.8 Å². The van der Waals surface area contributed by atoms with Crippen LogP contribution in [0.3, 0.4) is 0 Å². The van der Waals surface area contributed by atoms with Crippen LogP contribution in [0.4, 0.5) is 8.78 Å². The Bertz CT molecular complexity index is 1480. The Morgan fingerprint density at radius 3 is 2.68 bits per heavy atom. The summed E-state index contributed by atoms with van der Waals surface area (Å²) >= 11 is 0. The van der Waals surface area contributed by atoms with Gasteiger partial charge in [-0.2, -0.15) is 0 Å². The zero-order valence-corrected chi connectivity index (χ0v) is 15.8. The van der Waals surface area contributed by atoms with Crippen molar-refractivity contribution in [2.75, 3.05) is 0 Å². The van der Waals surface area contributed by atoms with Crippen LogP contribution in [0.2, 0.25) is 0 Å². The Morgan fingerprint density at radius 1 is 1.00 bits per heavy atom. The number of fused-ring (bicyclic) bond motifs is 2. The van der Waals surface area contributed by atoms with Gasteiger partial charge in [-0.25, -0.2) is 23.2 Å². The second kappa shape index (κ2) is 7.21.